The standard InChI is InChI=1S/C20H19FN2O5/c1-20(12-4-7-14(27-2)8-5-12)18(25)23(19(26)22-20)11-16(24)15-10-13(21)6-9-17(15)28-3/h4-10H,11H2,1-3H3,(H,22,26)/t20-/m1/s1. The van der Waals surface area contributed by atoms with Gasteiger partial charge in [-0.15, -0.1) is 0 Å². The van der Waals surface area contributed by atoms with Crippen molar-refractivity contribution < 1.29 is 28.2 Å². The number of nitrogens with zero attached hydrogens (tertiary/aromatic N) is 1. The summed E-state index contributed by atoms with van der Waals surface area (Å²) in [7, 11) is 2.87. The Morgan fingerprint density at radius 3 is 2.39 bits per heavy atom. The molecule has 7 nitrogen and oxygen atoms in total. The van der Waals surface area contributed by atoms with Gasteiger partial charge in [0, 0.05) is 0 Å². The summed E-state index contributed by atoms with van der Waals surface area (Å²) < 4.78 is 23.7. The molecule has 3 amide bonds. The van der Waals surface area contributed by atoms with Gasteiger partial charge in [-0.2, -0.15) is 0 Å². The summed E-state index contributed by atoms with van der Waals surface area (Å²) in [6.07, 6.45) is 0. The van der Waals surface area contributed by atoms with E-state index in [4.69, 9.17) is 9.47 Å². The summed E-state index contributed by atoms with van der Waals surface area (Å²) >= 11 is 0. The van der Waals surface area contributed by atoms with E-state index in [1.54, 1.807) is 31.2 Å². The summed E-state index contributed by atoms with van der Waals surface area (Å²) in [5, 5.41) is 2.62. The predicted octanol–water partition coefficient (Wildman–Crippen LogP) is 2.49. The third kappa shape index (κ3) is 3.28. The SMILES string of the molecule is COc1ccc([C@@]2(C)NC(=O)N(CC(=O)c3cc(F)ccc3OC)C2=O)cc1. The van der Waals surface area contributed by atoms with E-state index >= 15 is 0 Å². The monoisotopic (exact) mass is 386 g/mol. The largest absolute Gasteiger partial charge is 0.497 e. The number of benzene rings is 2. The van der Waals surface area contributed by atoms with Crippen LogP contribution in [0.2, 0.25) is 0 Å². The molecule has 0 aromatic heterocycles. The van der Waals surface area contributed by atoms with Gasteiger partial charge in [0.25, 0.3) is 5.91 Å². The van der Waals surface area contributed by atoms with Crippen LogP contribution < -0.4 is 14.8 Å². The Hall–Kier alpha value is -3.42. The Kier molecular flexibility index (Phi) is 5.04. The van der Waals surface area contributed by atoms with Gasteiger partial charge in [0.05, 0.1) is 26.3 Å². The van der Waals surface area contributed by atoms with E-state index in [-0.39, 0.29) is 11.3 Å². The van der Waals surface area contributed by atoms with Gasteiger partial charge in [0.15, 0.2) is 5.78 Å². The summed E-state index contributed by atoms with van der Waals surface area (Å²) in [5.74, 6) is -1.04. The molecular weight excluding hydrogens is 367 g/mol. The lowest BCUT2D eigenvalue weighted by Gasteiger charge is -2.22. The first-order valence-electron chi connectivity index (χ1n) is 8.45. The fourth-order valence-corrected chi connectivity index (χ4v) is 3.09. The van der Waals surface area contributed by atoms with Crippen molar-refractivity contribution in [2.24, 2.45) is 0 Å². The molecule has 1 aliphatic rings. The second-order valence-electron chi connectivity index (χ2n) is 6.44. The van der Waals surface area contributed by atoms with Gasteiger partial charge in [-0.25, -0.2) is 9.18 Å². The number of imide groups is 1. The van der Waals surface area contributed by atoms with Gasteiger partial charge in [-0.1, -0.05) is 12.1 Å². The van der Waals surface area contributed by atoms with Crippen LogP contribution in [0, 0.1) is 5.82 Å². The van der Waals surface area contributed by atoms with Crippen molar-refractivity contribution in [3.05, 3.63) is 59.4 Å². The Bertz CT molecular complexity index is 944. The Labute approximate surface area is 161 Å². The van der Waals surface area contributed by atoms with Gasteiger partial charge in [-0.05, 0) is 42.8 Å². The maximum Gasteiger partial charge on any atom is 0.325 e. The van der Waals surface area contributed by atoms with Crippen LogP contribution in [0.4, 0.5) is 9.18 Å². The molecule has 1 atom stereocenters. The number of ketones is 1. The number of hydrogen-bond donors (Lipinski definition) is 1. The first kappa shape index (κ1) is 19.3. The topological polar surface area (TPSA) is 84.9 Å². The highest BCUT2D eigenvalue weighted by atomic mass is 19.1. The molecule has 8 heteroatoms. The predicted molar refractivity (Wildman–Crippen MR) is 97.9 cm³/mol. The number of urea groups is 1. The fourth-order valence-electron chi connectivity index (χ4n) is 3.09. The van der Waals surface area contributed by atoms with Crippen LogP contribution in [0.15, 0.2) is 42.5 Å². The molecular formula is C20H19FN2O5. The smallest absolute Gasteiger partial charge is 0.325 e. The first-order valence-corrected chi connectivity index (χ1v) is 8.45. The number of halogens is 1. The quantitative estimate of drug-likeness (QED) is 0.609. The minimum absolute atomic E-state index is 0.0406. The van der Waals surface area contributed by atoms with E-state index in [1.165, 1.54) is 20.3 Å². The molecule has 1 fully saturated rings. The zero-order valence-corrected chi connectivity index (χ0v) is 15.6. The molecule has 28 heavy (non-hydrogen) atoms. The molecule has 1 N–H and O–H groups in total. The molecule has 0 spiro atoms. The highest BCUT2D eigenvalue weighted by Crippen LogP contribution is 2.30. The van der Waals surface area contributed by atoms with Gasteiger partial charge in [0.1, 0.15) is 22.9 Å². The Balaban J connectivity index is 1.86. The molecule has 1 aliphatic heterocycles. The van der Waals surface area contributed by atoms with Crippen molar-refractivity contribution >= 4 is 17.7 Å². The summed E-state index contributed by atoms with van der Waals surface area (Å²) in [5.41, 5.74) is -0.818. The lowest BCUT2D eigenvalue weighted by Crippen LogP contribution is -2.41. The molecule has 3 rings (SSSR count). The van der Waals surface area contributed by atoms with Crippen LogP contribution >= 0.6 is 0 Å². The van der Waals surface area contributed by atoms with Crippen LogP contribution in [0.25, 0.3) is 0 Å². The van der Waals surface area contributed by atoms with Crippen molar-refractivity contribution in [3.63, 3.8) is 0 Å². The molecule has 2 aromatic rings. The van der Waals surface area contributed by atoms with Crippen molar-refractivity contribution in [1.29, 1.82) is 0 Å². The lowest BCUT2D eigenvalue weighted by molar-refractivity contribution is -0.130. The number of nitrogens with one attached hydrogen (secondary N) is 1. The van der Waals surface area contributed by atoms with E-state index in [9.17, 15) is 18.8 Å². The summed E-state index contributed by atoms with van der Waals surface area (Å²) in [4.78, 5) is 38.8. The second kappa shape index (κ2) is 7.30. The van der Waals surface area contributed by atoms with Crippen molar-refractivity contribution in [2.45, 2.75) is 12.5 Å². The van der Waals surface area contributed by atoms with Crippen LogP contribution in [0.3, 0.4) is 0 Å². The van der Waals surface area contributed by atoms with Crippen LogP contribution in [0.1, 0.15) is 22.8 Å². The first-order chi connectivity index (χ1) is 13.3. The van der Waals surface area contributed by atoms with Gasteiger partial charge < -0.3 is 14.8 Å². The van der Waals surface area contributed by atoms with E-state index in [2.05, 4.69) is 5.32 Å². The number of methoxy groups -OCH3 is 2. The molecule has 0 unspecified atom stereocenters. The van der Waals surface area contributed by atoms with Crippen LogP contribution in [-0.2, 0) is 10.3 Å². The molecule has 0 bridgehead atoms. The van der Waals surface area contributed by atoms with E-state index in [0.29, 0.717) is 11.3 Å². The van der Waals surface area contributed by atoms with Gasteiger partial charge >= 0.3 is 6.03 Å². The van der Waals surface area contributed by atoms with Crippen molar-refractivity contribution in [1.82, 2.24) is 10.2 Å². The summed E-state index contributed by atoms with van der Waals surface area (Å²) in [6, 6.07) is 9.46. The third-order valence-corrected chi connectivity index (χ3v) is 4.71. The highest BCUT2D eigenvalue weighted by Gasteiger charge is 2.49. The number of ether oxygens (including phenoxy) is 2. The third-order valence-electron chi connectivity index (χ3n) is 4.71. The minimum atomic E-state index is -1.32. The zero-order chi connectivity index (χ0) is 20.5. The highest BCUT2D eigenvalue weighted by molar-refractivity contribution is 6.11. The molecule has 1 heterocycles. The fraction of sp³-hybridized carbons (Fsp3) is 0.250. The number of carbonyl (C=O) groups is 3. The van der Waals surface area contributed by atoms with E-state index < -0.39 is 35.6 Å². The lowest BCUT2D eigenvalue weighted by atomic mass is 9.92. The van der Waals surface area contributed by atoms with Crippen LogP contribution in [-0.4, -0.2) is 43.4 Å². The average Bonchev–Trinajstić information content (AvgIpc) is 2.92. The molecule has 0 saturated carbocycles. The molecule has 0 radical (unpaired) electrons. The molecule has 146 valence electrons. The number of hydrogen-bond acceptors (Lipinski definition) is 5. The van der Waals surface area contributed by atoms with Gasteiger partial charge in [0.2, 0.25) is 0 Å². The number of rotatable bonds is 6. The van der Waals surface area contributed by atoms with Crippen LogP contribution in [0.5, 0.6) is 11.5 Å². The molecule has 1 saturated heterocycles. The average molecular weight is 386 g/mol. The Morgan fingerprint density at radius 1 is 1.11 bits per heavy atom. The maximum absolute atomic E-state index is 13.5. The molecule has 2 aromatic carbocycles. The van der Waals surface area contributed by atoms with E-state index in [1.807, 2.05) is 0 Å². The Morgan fingerprint density at radius 2 is 1.79 bits per heavy atom. The second-order valence-corrected chi connectivity index (χ2v) is 6.44. The molecule has 0 aliphatic carbocycles. The van der Waals surface area contributed by atoms with Crippen molar-refractivity contribution in [2.75, 3.05) is 20.8 Å². The zero-order valence-electron chi connectivity index (χ0n) is 15.6. The van der Waals surface area contributed by atoms with Crippen molar-refractivity contribution in [3.8, 4) is 11.5 Å². The summed E-state index contributed by atoms with van der Waals surface area (Å²) in [6.45, 7) is 1.03. The number of Topliss-reactive ketones (excluding diaryl/α,β-unsaturated/α-hetero) is 1. The normalized spacial score (nSPS) is 18.8. The van der Waals surface area contributed by atoms with Gasteiger partial charge in [-0.3, -0.25) is 14.5 Å². The maximum atomic E-state index is 13.5. The number of carbonyl (C=O) groups excluding carboxylic acids is 3. The number of amides is 3. The minimum Gasteiger partial charge on any atom is -0.497 e. The van der Waals surface area contributed by atoms with E-state index in [0.717, 1.165) is 17.0 Å².